The standard InChI is InChI=1S/C10H8N2O3.Ru/c1-5-6-3-2-4-11-7(6)9(13)8(12-5)10(14)15;/h2-4,13H,1H3,(H,14,15);. The Bertz CT molecular complexity index is 557. The number of pyridine rings is 2. The summed E-state index contributed by atoms with van der Waals surface area (Å²) in [6.07, 6.45) is 1.49. The van der Waals surface area contributed by atoms with E-state index in [9.17, 15) is 9.90 Å². The maximum absolute atomic E-state index is 10.8. The van der Waals surface area contributed by atoms with Crippen LogP contribution < -0.4 is 0 Å². The number of aromatic hydroxyl groups is 1. The summed E-state index contributed by atoms with van der Waals surface area (Å²) in [7, 11) is 0. The van der Waals surface area contributed by atoms with E-state index in [0.717, 1.165) is 0 Å². The molecule has 16 heavy (non-hydrogen) atoms. The molecule has 0 atom stereocenters. The number of hydrogen-bond donors (Lipinski definition) is 2. The third kappa shape index (κ3) is 1.88. The van der Waals surface area contributed by atoms with Gasteiger partial charge in [0.1, 0.15) is 5.52 Å². The van der Waals surface area contributed by atoms with Crippen molar-refractivity contribution in [1.82, 2.24) is 9.97 Å². The molecule has 0 unspecified atom stereocenters. The van der Waals surface area contributed by atoms with Crippen LogP contribution in [0.5, 0.6) is 5.75 Å². The van der Waals surface area contributed by atoms with Gasteiger partial charge in [-0.3, -0.25) is 4.98 Å². The molecule has 2 rings (SSSR count). The molecule has 5 nitrogen and oxygen atoms in total. The van der Waals surface area contributed by atoms with Gasteiger partial charge in [-0.15, -0.1) is 0 Å². The van der Waals surface area contributed by atoms with Crippen LogP contribution in [0.4, 0.5) is 0 Å². The van der Waals surface area contributed by atoms with Crippen molar-refractivity contribution in [2.75, 3.05) is 0 Å². The number of carboxylic acid groups (broad SMARTS) is 1. The van der Waals surface area contributed by atoms with Crippen molar-refractivity contribution in [2.24, 2.45) is 0 Å². The Morgan fingerprint density at radius 1 is 1.44 bits per heavy atom. The molecule has 84 valence electrons. The number of aryl methyl sites for hydroxylation is 1. The van der Waals surface area contributed by atoms with E-state index in [4.69, 9.17) is 5.11 Å². The van der Waals surface area contributed by atoms with Gasteiger partial charge in [0.2, 0.25) is 0 Å². The summed E-state index contributed by atoms with van der Waals surface area (Å²) in [4.78, 5) is 18.5. The second kappa shape index (κ2) is 4.53. The van der Waals surface area contributed by atoms with Gasteiger partial charge in [-0.2, -0.15) is 0 Å². The van der Waals surface area contributed by atoms with Gasteiger partial charge in [-0.1, -0.05) is 0 Å². The quantitative estimate of drug-likeness (QED) is 0.777. The second-order valence-electron chi connectivity index (χ2n) is 3.10. The molecular formula is C10H8N2O3Ru. The van der Waals surface area contributed by atoms with E-state index in [2.05, 4.69) is 9.97 Å². The zero-order valence-corrected chi connectivity index (χ0v) is 10.0. The number of aromatic nitrogens is 2. The molecule has 0 aromatic carbocycles. The first kappa shape index (κ1) is 12.5. The summed E-state index contributed by atoms with van der Waals surface area (Å²) in [6, 6.07) is 3.44. The van der Waals surface area contributed by atoms with Crippen molar-refractivity contribution in [1.29, 1.82) is 0 Å². The van der Waals surface area contributed by atoms with Gasteiger partial charge in [0.05, 0.1) is 0 Å². The molecule has 2 heterocycles. The molecule has 0 amide bonds. The van der Waals surface area contributed by atoms with E-state index < -0.39 is 5.97 Å². The minimum Gasteiger partial charge on any atom is -0.504 e. The zero-order valence-electron chi connectivity index (χ0n) is 8.28. The first-order chi connectivity index (χ1) is 7.11. The maximum atomic E-state index is 10.8. The molecule has 0 aliphatic carbocycles. The monoisotopic (exact) mass is 306 g/mol. The van der Waals surface area contributed by atoms with Crippen LogP contribution in [-0.2, 0) is 19.5 Å². The van der Waals surface area contributed by atoms with Crippen LogP contribution in [0.15, 0.2) is 18.3 Å². The molecule has 0 spiro atoms. The third-order valence-corrected chi connectivity index (χ3v) is 2.13. The van der Waals surface area contributed by atoms with Crippen LogP contribution in [-0.4, -0.2) is 26.2 Å². The fraction of sp³-hybridized carbons (Fsp3) is 0.100. The number of nitrogens with zero attached hydrogens (tertiary/aromatic N) is 2. The molecule has 0 aliphatic heterocycles. The van der Waals surface area contributed by atoms with Crippen molar-refractivity contribution in [3.63, 3.8) is 0 Å². The Kier molecular flexibility index (Phi) is 3.55. The maximum Gasteiger partial charge on any atom is 0.358 e. The number of hydrogen-bond acceptors (Lipinski definition) is 4. The number of aromatic carboxylic acids is 1. The van der Waals surface area contributed by atoms with E-state index in [-0.39, 0.29) is 36.4 Å². The van der Waals surface area contributed by atoms with Crippen molar-refractivity contribution in [3.8, 4) is 5.75 Å². The Morgan fingerprint density at radius 2 is 2.12 bits per heavy atom. The van der Waals surface area contributed by atoms with Crippen LogP contribution in [0.25, 0.3) is 10.9 Å². The van der Waals surface area contributed by atoms with Crippen LogP contribution >= 0.6 is 0 Å². The van der Waals surface area contributed by atoms with E-state index in [1.807, 2.05) is 0 Å². The molecule has 2 N–H and O–H groups in total. The molecule has 6 heteroatoms. The summed E-state index contributed by atoms with van der Waals surface area (Å²) in [5.41, 5.74) is 0.439. The first-order valence-electron chi connectivity index (χ1n) is 4.29. The summed E-state index contributed by atoms with van der Waals surface area (Å²) in [5, 5.41) is 19.1. The van der Waals surface area contributed by atoms with E-state index in [1.165, 1.54) is 6.20 Å². The van der Waals surface area contributed by atoms with Gasteiger partial charge in [-0.05, 0) is 19.1 Å². The smallest absolute Gasteiger partial charge is 0.358 e. The summed E-state index contributed by atoms with van der Waals surface area (Å²) in [5.74, 6) is -1.65. The Labute approximate surface area is 104 Å². The van der Waals surface area contributed by atoms with Gasteiger partial charge in [-0.25, -0.2) is 9.78 Å². The molecule has 0 fully saturated rings. The summed E-state index contributed by atoms with van der Waals surface area (Å²) in [6.45, 7) is 1.68. The predicted octanol–water partition coefficient (Wildman–Crippen LogP) is 1.34. The normalized spacial score (nSPS) is 9.81. The molecule has 2 aromatic heterocycles. The van der Waals surface area contributed by atoms with Crippen LogP contribution in [0, 0.1) is 6.92 Å². The van der Waals surface area contributed by atoms with E-state index in [1.54, 1.807) is 19.1 Å². The molecular weight excluding hydrogens is 297 g/mol. The molecule has 0 radical (unpaired) electrons. The van der Waals surface area contributed by atoms with Gasteiger partial charge in [0.15, 0.2) is 11.4 Å². The third-order valence-electron chi connectivity index (χ3n) is 2.13. The average molecular weight is 305 g/mol. The zero-order chi connectivity index (χ0) is 11.0. The Balaban J connectivity index is 0.00000128. The Hall–Kier alpha value is -1.55. The van der Waals surface area contributed by atoms with Gasteiger partial charge in [0, 0.05) is 36.8 Å². The molecule has 0 aliphatic rings. The fourth-order valence-electron chi connectivity index (χ4n) is 1.43. The average Bonchev–Trinajstić information content (AvgIpc) is 2.23. The topological polar surface area (TPSA) is 83.3 Å². The predicted molar refractivity (Wildman–Crippen MR) is 52.9 cm³/mol. The minimum atomic E-state index is -1.26. The molecule has 0 saturated heterocycles. The number of carboxylic acids is 1. The van der Waals surface area contributed by atoms with E-state index >= 15 is 0 Å². The number of rotatable bonds is 1. The molecule has 0 bridgehead atoms. The van der Waals surface area contributed by atoms with Crippen LogP contribution in [0.2, 0.25) is 0 Å². The van der Waals surface area contributed by atoms with Gasteiger partial charge in [0.25, 0.3) is 0 Å². The minimum absolute atomic E-state index is 0. The summed E-state index contributed by atoms with van der Waals surface area (Å²) < 4.78 is 0. The number of carbonyl (C=O) groups is 1. The summed E-state index contributed by atoms with van der Waals surface area (Å²) >= 11 is 0. The van der Waals surface area contributed by atoms with Crippen molar-refractivity contribution < 1.29 is 34.5 Å². The van der Waals surface area contributed by atoms with Crippen LogP contribution in [0.3, 0.4) is 0 Å². The fourth-order valence-corrected chi connectivity index (χ4v) is 1.43. The Morgan fingerprint density at radius 3 is 2.75 bits per heavy atom. The molecule has 2 aromatic rings. The van der Waals surface area contributed by atoms with Crippen molar-refractivity contribution in [3.05, 3.63) is 29.7 Å². The van der Waals surface area contributed by atoms with Gasteiger partial charge >= 0.3 is 5.97 Å². The second-order valence-corrected chi connectivity index (χ2v) is 3.10. The first-order valence-corrected chi connectivity index (χ1v) is 4.29. The van der Waals surface area contributed by atoms with Crippen LogP contribution in [0.1, 0.15) is 16.2 Å². The largest absolute Gasteiger partial charge is 0.504 e. The van der Waals surface area contributed by atoms with E-state index in [0.29, 0.717) is 11.1 Å². The van der Waals surface area contributed by atoms with Crippen molar-refractivity contribution >= 4 is 16.9 Å². The number of fused-ring (bicyclic) bond motifs is 1. The SMILES string of the molecule is Cc1nc(C(=O)O)c(O)c2ncccc12.[Ru]. The van der Waals surface area contributed by atoms with Gasteiger partial charge < -0.3 is 10.2 Å². The van der Waals surface area contributed by atoms with Crippen molar-refractivity contribution in [2.45, 2.75) is 6.92 Å². The molecule has 0 saturated carbocycles.